The Kier molecular flexibility index (Phi) is 3.71. The minimum atomic E-state index is 0.243. The van der Waals surface area contributed by atoms with Crippen molar-refractivity contribution in [3.8, 4) is 11.4 Å². The highest BCUT2D eigenvalue weighted by molar-refractivity contribution is 5.74. The molecule has 1 fully saturated rings. The molecule has 118 valence electrons. The number of aromatic nitrogens is 3. The molecule has 2 aromatic heterocycles. The number of aromatic hydroxyl groups is 1. The molecule has 0 bridgehead atoms. The largest absolute Gasteiger partial charge is 0.508 e. The number of ether oxygens (including phenoxy) is 1. The number of phenolic OH excluding ortho intramolecular Hbond substituents is 1. The summed E-state index contributed by atoms with van der Waals surface area (Å²) >= 11 is 0. The molecule has 0 amide bonds. The quantitative estimate of drug-likeness (QED) is 0.807. The molecule has 1 atom stereocenters. The number of benzene rings is 1. The van der Waals surface area contributed by atoms with E-state index in [0.29, 0.717) is 5.92 Å². The molecule has 3 heterocycles. The summed E-state index contributed by atoms with van der Waals surface area (Å²) in [6, 6.07) is 11.1. The molecule has 1 aliphatic rings. The van der Waals surface area contributed by atoms with Crippen molar-refractivity contribution < 1.29 is 9.84 Å². The van der Waals surface area contributed by atoms with Crippen molar-refractivity contribution in [3.63, 3.8) is 0 Å². The molecule has 1 unspecified atom stereocenters. The number of phenols is 1. The second kappa shape index (κ2) is 6.01. The van der Waals surface area contributed by atoms with Crippen LogP contribution in [0.15, 0.2) is 42.6 Å². The van der Waals surface area contributed by atoms with E-state index in [1.165, 1.54) is 0 Å². The normalized spacial score (nSPS) is 18.3. The van der Waals surface area contributed by atoms with Crippen LogP contribution in [0.4, 0.5) is 0 Å². The van der Waals surface area contributed by atoms with Gasteiger partial charge in [-0.1, -0.05) is 6.07 Å². The van der Waals surface area contributed by atoms with E-state index in [1.54, 1.807) is 18.3 Å². The Balaban J connectivity index is 1.81. The van der Waals surface area contributed by atoms with Gasteiger partial charge in [-0.15, -0.1) is 0 Å². The lowest BCUT2D eigenvalue weighted by Crippen LogP contribution is -2.20. The molecule has 5 nitrogen and oxygen atoms in total. The summed E-state index contributed by atoms with van der Waals surface area (Å²) in [7, 11) is 0. The second-order valence-electron chi connectivity index (χ2n) is 6.02. The highest BCUT2D eigenvalue weighted by Gasteiger charge is 2.20. The summed E-state index contributed by atoms with van der Waals surface area (Å²) < 4.78 is 7.65. The van der Waals surface area contributed by atoms with Gasteiger partial charge in [-0.25, -0.2) is 9.97 Å². The smallest absolute Gasteiger partial charge is 0.164 e. The zero-order valence-corrected chi connectivity index (χ0v) is 12.9. The number of nitrogens with zero attached hydrogens (tertiary/aromatic N) is 3. The van der Waals surface area contributed by atoms with Gasteiger partial charge in [0.15, 0.2) is 5.65 Å². The van der Waals surface area contributed by atoms with E-state index in [-0.39, 0.29) is 5.75 Å². The molecule has 4 rings (SSSR count). The van der Waals surface area contributed by atoms with Gasteiger partial charge in [0.25, 0.3) is 0 Å². The topological polar surface area (TPSA) is 60.2 Å². The molecule has 0 spiro atoms. The van der Waals surface area contributed by atoms with Crippen molar-refractivity contribution in [1.82, 2.24) is 14.5 Å². The van der Waals surface area contributed by atoms with E-state index < -0.39 is 0 Å². The van der Waals surface area contributed by atoms with Crippen molar-refractivity contribution >= 4 is 11.2 Å². The van der Waals surface area contributed by atoms with Gasteiger partial charge in [0.2, 0.25) is 0 Å². The number of hydrogen-bond acceptors (Lipinski definition) is 4. The van der Waals surface area contributed by atoms with Crippen molar-refractivity contribution in [2.45, 2.75) is 19.3 Å². The van der Waals surface area contributed by atoms with Gasteiger partial charge in [-0.2, -0.15) is 0 Å². The Hall–Kier alpha value is -2.40. The number of rotatable bonds is 3. The van der Waals surface area contributed by atoms with Gasteiger partial charge in [0, 0.05) is 31.9 Å². The van der Waals surface area contributed by atoms with Crippen molar-refractivity contribution in [2.75, 3.05) is 13.2 Å². The van der Waals surface area contributed by atoms with Gasteiger partial charge < -0.3 is 9.84 Å². The first-order valence-electron chi connectivity index (χ1n) is 8.01. The molecule has 3 aromatic rings. The average molecular weight is 309 g/mol. The molecule has 1 saturated heterocycles. The van der Waals surface area contributed by atoms with Crippen LogP contribution < -0.4 is 0 Å². The van der Waals surface area contributed by atoms with Gasteiger partial charge in [0.1, 0.15) is 17.1 Å². The summed E-state index contributed by atoms with van der Waals surface area (Å²) in [5.74, 6) is 1.70. The van der Waals surface area contributed by atoms with E-state index in [4.69, 9.17) is 9.72 Å². The van der Waals surface area contributed by atoms with Crippen LogP contribution in [0.25, 0.3) is 16.9 Å². The van der Waals surface area contributed by atoms with Gasteiger partial charge >= 0.3 is 0 Å². The predicted molar refractivity (Wildman–Crippen MR) is 87.8 cm³/mol. The lowest BCUT2D eigenvalue weighted by Gasteiger charge is -2.22. The summed E-state index contributed by atoms with van der Waals surface area (Å²) in [6.45, 7) is 1.65. The molecule has 0 saturated carbocycles. The third kappa shape index (κ3) is 2.80. The van der Waals surface area contributed by atoms with Crippen molar-refractivity contribution in [3.05, 3.63) is 48.4 Å². The number of hydrogen-bond donors (Lipinski definition) is 1. The third-order valence-corrected chi connectivity index (χ3v) is 4.30. The first-order valence-corrected chi connectivity index (χ1v) is 8.01. The summed E-state index contributed by atoms with van der Waals surface area (Å²) in [4.78, 5) is 9.26. The molecule has 0 radical (unpaired) electrons. The fourth-order valence-corrected chi connectivity index (χ4v) is 3.23. The monoisotopic (exact) mass is 309 g/mol. The van der Waals surface area contributed by atoms with Crippen molar-refractivity contribution in [2.24, 2.45) is 5.92 Å². The Bertz CT molecular complexity index is 822. The van der Waals surface area contributed by atoms with E-state index in [9.17, 15) is 5.11 Å². The summed E-state index contributed by atoms with van der Waals surface area (Å²) in [6.07, 6.45) is 4.90. The van der Waals surface area contributed by atoms with E-state index >= 15 is 0 Å². The number of fused-ring (bicyclic) bond motifs is 1. The predicted octanol–water partition coefficient (Wildman–Crippen LogP) is 3.10. The van der Waals surface area contributed by atoms with Crippen LogP contribution in [0.3, 0.4) is 0 Å². The Morgan fingerprint density at radius 1 is 1.26 bits per heavy atom. The molecule has 0 aliphatic carbocycles. The molecular formula is C18H19N3O2. The maximum Gasteiger partial charge on any atom is 0.164 e. The Labute approximate surface area is 134 Å². The Morgan fingerprint density at radius 3 is 3.04 bits per heavy atom. The molecular weight excluding hydrogens is 290 g/mol. The maximum atomic E-state index is 9.82. The standard InChI is InChI=1S/C18H19N3O2/c22-15-6-1-5-14(11-15)21-17(10-13-4-3-9-23-12-13)20-16-7-2-8-19-18(16)21/h1-2,5-8,11,13,22H,3-4,9-10,12H2. The molecule has 5 heteroatoms. The van der Waals surface area contributed by atoms with Crippen molar-refractivity contribution in [1.29, 1.82) is 0 Å². The van der Waals surface area contributed by atoms with E-state index in [2.05, 4.69) is 4.98 Å². The second-order valence-corrected chi connectivity index (χ2v) is 6.02. The highest BCUT2D eigenvalue weighted by Crippen LogP contribution is 2.26. The lowest BCUT2D eigenvalue weighted by molar-refractivity contribution is 0.0542. The molecule has 1 aromatic carbocycles. The van der Waals surface area contributed by atoms with E-state index in [1.807, 2.05) is 28.8 Å². The Morgan fingerprint density at radius 2 is 2.22 bits per heavy atom. The van der Waals surface area contributed by atoms with Crippen LogP contribution in [-0.4, -0.2) is 32.9 Å². The summed E-state index contributed by atoms with van der Waals surface area (Å²) in [5, 5.41) is 9.82. The minimum Gasteiger partial charge on any atom is -0.508 e. The number of imidazole rings is 1. The minimum absolute atomic E-state index is 0.243. The zero-order chi connectivity index (χ0) is 15.6. The zero-order valence-electron chi connectivity index (χ0n) is 12.9. The molecule has 1 aliphatic heterocycles. The van der Waals surface area contributed by atoms with Crippen LogP contribution in [0.2, 0.25) is 0 Å². The van der Waals surface area contributed by atoms with E-state index in [0.717, 1.165) is 55.2 Å². The summed E-state index contributed by atoms with van der Waals surface area (Å²) in [5.41, 5.74) is 2.59. The average Bonchev–Trinajstić information content (AvgIpc) is 2.93. The molecule has 23 heavy (non-hydrogen) atoms. The van der Waals surface area contributed by atoms with Crippen LogP contribution in [0.1, 0.15) is 18.7 Å². The number of pyridine rings is 1. The van der Waals surface area contributed by atoms with Crippen LogP contribution in [0, 0.1) is 5.92 Å². The lowest BCUT2D eigenvalue weighted by atomic mass is 9.98. The van der Waals surface area contributed by atoms with Gasteiger partial charge in [-0.05, 0) is 43.0 Å². The fourth-order valence-electron chi connectivity index (χ4n) is 3.23. The first kappa shape index (κ1) is 14.2. The van der Waals surface area contributed by atoms with Gasteiger partial charge in [-0.3, -0.25) is 4.57 Å². The fraction of sp³-hybridized carbons (Fsp3) is 0.333. The first-order chi connectivity index (χ1) is 11.3. The highest BCUT2D eigenvalue weighted by atomic mass is 16.5. The van der Waals surface area contributed by atoms with Gasteiger partial charge in [0.05, 0.1) is 5.69 Å². The third-order valence-electron chi connectivity index (χ3n) is 4.30. The SMILES string of the molecule is Oc1cccc(-n2c(CC3CCCOC3)nc3cccnc32)c1. The molecule has 1 N–H and O–H groups in total. The maximum absolute atomic E-state index is 9.82. The van der Waals surface area contributed by atoms with Crippen LogP contribution in [0.5, 0.6) is 5.75 Å². The van der Waals surface area contributed by atoms with Crippen LogP contribution >= 0.6 is 0 Å². The van der Waals surface area contributed by atoms with Crippen LogP contribution in [-0.2, 0) is 11.2 Å².